The Morgan fingerprint density at radius 2 is 2.38 bits per heavy atom. The molecular formula is C11H19NS. The molecule has 2 aliphatic heterocycles. The highest BCUT2D eigenvalue weighted by atomic mass is 32.2. The Bertz CT molecular complexity index is 212. The molecule has 13 heavy (non-hydrogen) atoms. The third kappa shape index (κ3) is 1.61. The number of hydrogen-bond donors (Lipinski definition) is 0. The van der Waals surface area contributed by atoms with Gasteiger partial charge in [-0.15, -0.1) is 0 Å². The first-order valence-corrected chi connectivity index (χ1v) is 6.30. The van der Waals surface area contributed by atoms with Crippen LogP contribution in [0.1, 0.15) is 33.1 Å². The van der Waals surface area contributed by atoms with Crippen molar-refractivity contribution < 1.29 is 0 Å². The Kier molecular flexibility index (Phi) is 2.35. The highest BCUT2D eigenvalue weighted by Crippen LogP contribution is 2.48. The summed E-state index contributed by atoms with van der Waals surface area (Å²) in [6, 6.07) is 0.772. The number of nitrogens with zero attached hydrogens (tertiary/aromatic N) is 1. The van der Waals surface area contributed by atoms with Gasteiger partial charge in [0.25, 0.3) is 0 Å². The fourth-order valence-electron chi connectivity index (χ4n) is 2.49. The van der Waals surface area contributed by atoms with Crippen molar-refractivity contribution in [2.45, 2.75) is 49.9 Å². The van der Waals surface area contributed by atoms with E-state index in [-0.39, 0.29) is 0 Å². The average Bonchev–Trinajstić information content (AvgIpc) is 2.97. The van der Waals surface area contributed by atoms with E-state index in [2.05, 4.69) is 37.1 Å². The molecule has 0 spiro atoms. The molecule has 2 rings (SSSR count). The number of hydrogen-bond acceptors (Lipinski definition) is 2. The zero-order chi connectivity index (χ0) is 9.47. The molecule has 74 valence electrons. The lowest BCUT2D eigenvalue weighted by Gasteiger charge is -2.08. The average molecular weight is 197 g/mol. The molecule has 2 aliphatic rings. The minimum absolute atomic E-state index is 0.458. The van der Waals surface area contributed by atoms with E-state index in [9.17, 15) is 0 Å². The molecule has 0 saturated carbocycles. The minimum atomic E-state index is 0.458. The molecule has 1 nitrogen and oxygen atoms in total. The predicted molar refractivity (Wildman–Crippen MR) is 60.0 cm³/mol. The molecule has 2 fully saturated rings. The van der Waals surface area contributed by atoms with E-state index >= 15 is 0 Å². The van der Waals surface area contributed by atoms with Gasteiger partial charge in [-0.05, 0) is 32.4 Å². The van der Waals surface area contributed by atoms with Crippen molar-refractivity contribution in [3.8, 4) is 0 Å². The first-order chi connectivity index (χ1) is 6.22. The lowest BCUT2D eigenvalue weighted by atomic mass is 9.99. The van der Waals surface area contributed by atoms with Gasteiger partial charge >= 0.3 is 0 Å². The summed E-state index contributed by atoms with van der Waals surface area (Å²) in [4.78, 5) is 2.43. The zero-order valence-electron chi connectivity index (χ0n) is 8.62. The van der Waals surface area contributed by atoms with E-state index in [0.29, 0.717) is 5.54 Å². The molecule has 2 heterocycles. The third-order valence-corrected chi connectivity index (χ3v) is 4.57. The van der Waals surface area contributed by atoms with Gasteiger partial charge in [0, 0.05) is 11.0 Å². The molecule has 0 bridgehead atoms. The van der Waals surface area contributed by atoms with Crippen LogP contribution >= 0.6 is 11.8 Å². The molecule has 3 atom stereocenters. The van der Waals surface area contributed by atoms with Gasteiger partial charge in [-0.25, -0.2) is 0 Å². The molecule has 0 aromatic carbocycles. The Morgan fingerprint density at radius 1 is 1.69 bits per heavy atom. The Morgan fingerprint density at radius 3 is 2.77 bits per heavy atom. The van der Waals surface area contributed by atoms with Gasteiger partial charge in [0.2, 0.25) is 0 Å². The maximum atomic E-state index is 3.88. The fraction of sp³-hybridized carbons (Fsp3) is 0.818. The van der Waals surface area contributed by atoms with E-state index in [1.165, 1.54) is 25.0 Å². The normalized spacial score (nSPS) is 41.8. The van der Waals surface area contributed by atoms with Crippen molar-refractivity contribution in [3.63, 3.8) is 0 Å². The van der Waals surface area contributed by atoms with Crippen LogP contribution in [0.15, 0.2) is 12.8 Å². The summed E-state index contributed by atoms with van der Waals surface area (Å²) in [6.45, 7) is 8.54. The zero-order valence-corrected chi connectivity index (χ0v) is 9.44. The molecule has 2 saturated heterocycles. The highest BCUT2D eigenvalue weighted by Gasteiger charge is 2.55. The highest BCUT2D eigenvalue weighted by molar-refractivity contribution is 8.06. The van der Waals surface area contributed by atoms with Gasteiger partial charge in [-0.2, -0.15) is 11.8 Å². The standard InChI is InChI=1S/C11H19NS/c1-4-10-11(3,12(10)5-2)7-6-9-8-13-9/h5,9-10H,2,4,6-8H2,1,3H3. The molecule has 0 radical (unpaired) electrons. The van der Waals surface area contributed by atoms with Crippen LogP contribution in [0.25, 0.3) is 0 Å². The van der Waals surface area contributed by atoms with Crippen LogP contribution < -0.4 is 0 Å². The van der Waals surface area contributed by atoms with Crippen LogP contribution in [0.2, 0.25) is 0 Å². The van der Waals surface area contributed by atoms with Crippen LogP contribution in [0.5, 0.6) is 0 Å². The molecule has 3 unspecified atom stereocenters. The molecule has 0 amide bonds. The Balaban J connectivity index is 1.84. The van der Waals surface area contributed by atoms with E-state index < -0.39 is 0 Å². The second kappa shape index (κ2) is 3.23. The van der Waals surface area contributed by atoms with Crippen molar-refractivity contribution in [3.05, 3.63) is 12.8 Å². The van der Waals surface area contributed by atoms with Gasteiger partial charge in [-0.1, -0.05) is 13.5 Å². The quantitative estimate of drug-likeness (QED) is 0.623. The molecule has 0 aromatic heterocycles. The SMILES string of the molecule is C=CN1C(CC)C1(C)CCC1CS1. The Hall–Kier alpha value is -0.110. The largest absolute Gasteiger partial charge is 0.365 e. The first-order valence-electron chi connectivity index (χ1n) is 5.25. The summed E-state index contributed by atoms with van der Waals surface area (Å²) >= 11 is 2.11. The molecule has 2 heteroatoms. The van der Waals surface area contributed by atoms with Crippen molar-refractivity contribution >= 4 is 11.8 Å². The van der Waals surface area contributed by atoms with Crippen LogP contribution in [0.3, 0.4) is 0 Å². The van der Waals surface area contributed by atoms with Crippen molar-refractivity contribution in [1.29, 1.82) is 0 Å². The summed E-state index contributed by atoms with van der Waals surface area (Å²) < 4.78 is 0. The molecular weight excluding hydrogens is 178 g/mol. The first kappa shape index (κ1) is 9.45. The van der Waals surface area contributed by atoms with E-state index in [0.717, 1.165) is 11.3 Å². The van der Waals surface area contributed by atoms with Gasteiger partial charge in [0.1, 0.15) is 0 Å². The predicted octanol–water partition coefficient (Wildman–Crippen LogP) is 2.88. The number of thioether (sulfide) groups is 1. The van der Waals surface area contributed by atoms with Gasteiger partial charge in [0.15, 0.2) is 0 Å². The van der Waals surface area contributed by atoms with Gasteiger partial charge < -0.3 is 4.90 Å². The summed E-state index contributed by atoms with van der Waals surface area (Å²) in [7, 11) is 0. The maximum Gasteiger partial charge on any atom is 0.0575 e. The van der Waals surface area contributed by atoms with Crippen LogP contribution in [0.4, 0.5) is 0 Å². The van der Waals surface area contributed by atoms with E-state index in [1.54, 1.807) is 0 Å². The van der Waals surface area contributed by atoms with Crippen molar-refractivity contribution in [2.24, 2.45) is 0 Å². The second-order valence-corrected chi connectivity index (χ2v) is 5.70. The lowest BCUT2D eigenvalue weighted by Crippen LogP contribution is -2.12. The fourth-order valence-corrected chi connectivity index (χ4v) is 3.08. The topological polar surface area (TPSA) is 3.01 Å². The smallest absolute Gasteiger partial charge is 0.0575 e. The maximum absolute atomic E-state index is 3.88. The summed E-state index contributed by atoms with van der Waals surface area (Å²) in [5, 5.41) is 0.988. The minimum Gasteiger partial charge on any atom is -0.365 e. The Labute approximate surface area is 85.6 Å². The summed E-state index contributed by atoms with van der Waals surface area (Å²) in [5.74, 6) is 1.40. The second-order valence-electron chi connectivity index (χ2n) is 4.37. The number of rotatable bonds is 5. The summed E-state index contributed by atoms with van der Waals surface area (Å²) in [6.07, 6.45) is 6.05. The van der Waals surface area contributed by atoms with E-state index in [4.69, 9.17) is 0 Å². The van der Waals surface area contributed by atoms with E-state index in [1.807, 2.05) is 6.20 Å². The van der Waals surface area contributed by atoms with Crippen molar-refractivity contribution in [1.82, 2.24) is 4.90 Å². The van der Waals surface area contributed by atoms with Crippen molar-refractivity contribution in [2.75, 3.05) is 5.75 Å². The summed E-state index contributed by atoms with van der Waals surface area (Å²) in [5.41, 5.74) is 0.458. The monoisotopic (exact) mass is 197 g/mol. The molecule has 0 N–H and O–H groups in total. The molecule has 0 aromatic rings. The van der Waals surface area contributed by atoms with Crippen LogP contribution in [0, 0.1) is 0 Å². The van der Waals surface area contributed by atoms with Gasteiger partial charge in [0.05, 0.1) is 11.6 Å². The lowest BCUT2D eigenvalue weighted by molar-refractivity contribution is 0.487. The van der Waals surface area contributed by atoms with Crippen LogP contribution in [-0.2, 0) is 0 Å². The third-order valence-electron chi connectivity index (χ3n) is 3.53. The van der Waals surface area contributed by atoms with Crippen LogP contribution in [-0.4, -0.2) is 27.5 Å². The van der Waals surface area contributed by atoms with Gasteiger partial charge in [-0.3, -0.25) is 0 Å². The molecule has 0 aliphatic carbocycles.